The molecule has 1 aromatic carbocycles. The van der Waals surface area contributed by atoms with Crippen LogP contribution < -0.4 is 4.72 Å². The van der Waals surface area contributed by atoms with Gasteiger partial charge in [-0.1, -0.05) is 18.2 Å². The van der Waals surface area contributed by atoms with Gasteiger partial charge in [-0.15, -0.1) is 0 Å². The number of carbonyl (C=O) groups is 1. The number of para-hydroxylation sites is 1. The minimum Gasteiger partial charge on any atom is -0.481 e. The molecule has 0 fully saturated rings. The minimum absolute atomic E-state index is 0.129. The van der Waals surface area contributed by atoms with Gasteiger partial charge in [-0.3, -0.25) is 14.5 Å². The average Bonchev–Trinajstić information content (AvgIpc) is 2.40. The summed E-state index contributed by atoms with van der Waals surface area (Å²) in [6, 6.07) is 6.92. The van der Waals surface area contributed by atoms with Crippen LogP contribution in [0.5, 0.6) is 0 Å². The van der Waals surface area contributed by atoms with Crippen molar-refractivity contribution in [2.75, 3.05) is 4.72 Å². The minimum atomic E-state index is -4.04. The molecule has 0 bridgehead atoms. The summed E-state index contributed by atoms with van der Waals surface area (Å²) in [5.74, 6) is -1.87. The van der Waals surface area contributed by atoms with Gasteiger partial charge in [-0.25, -0.2) is 12.8 Å². The van der Waals surface area contributed by atoms with Gasteiger partial charge in [-0.2, -0.15) is 0 Å². The van der Waals surface area contributed by atoms with Crippen molar-refractivity contribution < 1.29 is 22.7 Å². The van der Waals surface area contributed by atoms with Gasteiger partial charge in [0.05, 0.1) is 18.3 Å². The first kappa shape index (κ1) is 14.9. The summed E-state index contributed by atoms with van der Waals surface area (Å²) in [5.41, 5.74) is 0.432. The summed E-state index contributed by atoms with van der Waals surface area (Å²) >= 11 is 0. The second-order valence-electron chi connectivity index (χ2n) is 4.17. The van der Waals surface area contributed by atoms with Crippen LogP contribution in [0.25, 0.3) is 0 Å². The SMILES string of the molecule is O=C(O)Cc1ccccc1NS(=O)(=O)c1cncc(F)c1. The van der Waals surface area contributed by atoms with Crippen LogP contribution in [0.3, 0.4) is 0 Å². The Labute approximate surface area is 120 Å². The molecule has 8 heteroatoms. The lowest BCUT2D eigenvalue weighted by Gasteiger charge is -2.11. The maximum atomic E-state index is 13.1. The van der Waals surface area contributed by atoms with E-state index in [4.69, 9.17) is 5.11 Å². The molecule has 0 amide bonds. The van der Waals surface area contributed by atoms with Crippen molar-refractivity contribution in [3.63, 3.8) is 0 Å². The monoisotopic (exact) mass is 310 g/mol. The number of anilines is 1. The van der Waals surface area contributed by atoms with E-state index < -0.39 is 21.8 Å². The fourth-order valence-corrected chi connectivity index (χ4v) is 2.75. The Morgan fingerprint density at radius 3 is 2.67 bits per heavy atom. The highest BCUT2D eigenvalue weighted by molar-refractivity contribution is 7.92. The fraction of sp³-hybridized carbons (Fsp3) is 0.0769. The summed E-state index contributed by atoms with van der Waals surface area (Å²) in [6.07, 6.45) is 1.56. The molecule has 0 unspecified atom stereocenters. The Hall–Kier alpha value is -2.48. The molecule has 0 atom stereocenters. The van der Waals surface area contributed by atoms with Gasteiger partial charge in [-0.05, 0) is 17.7 Å². The highest BCUT2D eigenvalue weighted by Gasteiger charge is 2.17. The van der Waals surface area contributed by atoms with Crippen molar-refractivity contribution in [2.24, 2.45) is 0 Å². The largest absolute Gasteiger partial charge is 0.481 e. The van der Waals surface area contributed by atoms with E-state index in [1.54, 1.807) is 12.1 Å². The standard InChI is InChI=1S/C13H11FN2O4S/c14-10-6-11(8-15-7-10)21(19,20)16-12-4-2-1-3-9(12)5-13(17)18/h1-4,6-8,16H,5H2,(H,17,18). The first-order valence-corrected chi connectivity index (χ1v) is 7.30. The summed E-state index contributed by atoms with van der Waals surface area (Å²) in [4.78, 5) is 13.9. The van der Waals surface area contributed by atoms with Crippen molar-refractivity contribution in [1.82, 2.24) is 4.98 Å². The molecule has 0 aliphatic carbocycles. The Morgan fingerprint density at radius 2 is 2.00 bits per heavy atom. The van der Waals surface area contributed by atoms with Crippen LogP contribution in [0.1, 0.15) is 5.56 Å². The first-order chi connectivity index (χ1) is 9.88. The number of aromatic nitrogens is 1. The van der Waals surface area contributed by atoms with E-state index >= 15 is 0 Å². The van der Waals surface area contributed by atoms with Crippen LogP contribution in [-0.4, -0.2) is 24.5 Å². The summed E-state index contributed by atoms with van der Waals surface area (Å²) < 4.78 is 39.5. The lowest BCUT2D eigenvalue weighted by Crippen LogP contribution is -2.15. The highest BCUT2D eigenvalue weighted by Crippen LogP contribution is 2.20. The van der Waals surface area contributed by atoms with Crippen molar-refractivity contribution in [1.29, 1.82) is 0 Å². The van der Waals surface area contributed by atoms with Gasteiger partial charge in [0, 0.05) is 6.20 Å². The second-order valence-corrected chi connectivity index (χ2v) is 5.85. The molecule has 110 valence electrons. The Morgan fingerprint density at radius 1 is 1.29 bits per heavy atom. The van der Waals surface area contributed by atoms with Crippen LogP contribution in [0.15, 0.2) is 47.6 Å². The number of nitrogens with one attached hydrogen (secondary N) is 1. The van der Waals surface area contributed by atoms with Gasteiger partial charge < -0.3 is 5.11 Å². The fourth-order valence-electron chi connectivity index (χ4n) is 1.68. The molecule has 0 spiro atoms. The van der Waals surface area contributed by atoms with Crippen LogP contribution in [0.4, 0.5) is 10.1 Å². The van der Waals surface area contributed by atoms with Crippen LogP contribution >= 0.6 is 0 Å². The predicted molar refractivity (Wildman–Crippen MR) is 72.8 cm³/mol. The van der Waals surface area contributed by atoms with Crippen molar-refractivity contribution in [3.05, 3.63) is 54.1 Å². The van der Waals surface area contributed by atoms with E-state index in [1.807, 2.05) is 0 Å². The van der Waals surface area contributed by atoms with Crippen molar-refractivity contribution in [3.8, 4) is 0 Å². The predicted octanol–water partition coefficient (Wildman–Crippen LogP) is 1.65. The number of carboxylic acids is 1. The molecule has 1 aromatic heterocycles. The number of hydrogen-bond donors (Lipinski definition) is 2. The molecule has 0 aliphatic rings. The maximum absolute atomic E-state index is 13.1. The number of benzene rings is 1. The molecule has 2 N–H and O–H groups in total. The number of aliphatic carboxylic acids is 1. The average molecular weight is 310 g/mol. The zero-order valence-corrected chi connectivity index (χ0v) is 11.5. The zero-order chi connectivity index (χ0) is 15.5. The molecule has 21 heavy (non-hydrogen) atoms. The molecule has 1 heterocycles. The maximum Gasteiger partial charge on any atom is 0.307 e. The third-order valence-corrected chi connectivity index (χ3v) is 3.93. The number of pyridine rings is 1. The number of rotatable bonds is 5. The Balaban J connectivity index is 2.35. The summed E-state index contributed by atoms with van der Waals surface area (Å²) in [5, 5.41) is 8.81. The smallest absolute Gasteiger partial charge is 0.307 e. The van der Waals surface area contributed by atoms with E-state index in [2.05, 4.69) is 9.71 Å². The number of nitrogens with zero attached hydrogens (tertiary/aromatic N) is 1. The van der Waals surface area contributed by atoms with Gasteiger partial charge in [0.25, 0.3) is 10.0 Å². The van der Waals surface area contributed by atoms with E-state index in [0.29, 0.717) is 5.56 Å². The summed E-state index contributed by atoms with van der Waals surface area (Å²) in [6.45, 7) is 0. The van der Waals surface area contributed by atoms with E-state index in [1.165, 1.54) is 12.1 Å². The van der Waals surface area contributed by atoms with Crippen molar-refractivity contribution in [2.45, 2.75) is 11.3 Å². The number of halogens is 1. The molecule has 0 saturated heterocycles. The molecule has 2 rings (SSSR count). The Kier molecular flexibility index (Phi) is 4.18. The molecule has 6 nitrogen and oxygen atoms in total. The molecule has 2 aromatic rings. The van der Waals surface area contributed by atoms with Crippen LogP contribution in [-0.2, 0) is 21.2 Å². The van der Waals surface area contributed by atoms with Crippen molar-refractivity contribution >= 4 is 21.7 Å². The molecule has 0 saturated carbocycles. The summed E-state index contributed by atoms with van der Waals surface area (Å²) in [7, 11) is -4.04. The quantitative estimate of drug-likeness (QED) is 0.875. The number of carboxylic acid groups (broad SMARTS) is 1. The lowest BCUT2D eigenvalue weighted by molar-refractivity contribution is -0.136. The number of sulfonamides is 1. The normalized spacial score (nSPS) is 11.1. The third-order valence-electron chi connectivity index (χ3n) is 2.59. The molecular weight excluding hydrogens is 299 g/mol. The second kappa shape index (κ2) is 5.88. The highest BCUT2D eigenvalue weighted by atomic mass is 32.2. The Bertz CT molecular complexity index is 777. The number of hydrogen-bond acceptors (Lipinski definition) is 4. The first-order valence-electron chi connectivity index (χ1n) is 5.81. The van der Waals surface area contributed by atoms with Gasteiger partial charge >= 0.3 is 5.97 Å². The topological polar surface area (TPSA) is 96.4 Å². The van der Waals surface area contributed by atoms with E-state index in [9.17, 15) is 17.6 Å². The van der Waals surface area contributed by atoms with Crippen LogP contribution in [0.2, 0.25) is 0 Å². The molecule has 0 radical (unpaired) electrons. The molecule has 0 aliphatic heterocycles. The zero-order valence-electron chi connectivity index (χ0n) is 10.7. The van der Waals surface area contributed by atoms with E-state index in [-0.39, 0.29) is 17.0 Å². The van der Waals surface area contributed by atoms with E-state index in [0.717, 1.165) is 18.5 Å². The van der Waals surface area contributed by atoms with Gasteiger partial charge in [0.2, 0.25) is 0 Å². The van der Waals surface area contributed by atoms with Gasteiger partial charge in [0.15, 0.2) is 0 Å². The van der Waals surface area contributed by atoms with Gasteiger partial charge in [0.1, 0.15) is 10.7 Å². The molecular formula is C13H11FN2O4S. The van der Waals surface area contributed by atoms with Crippen LogP contribution in [0, 0.1) is 5.82 Å². The lowest BCUT2D eigenvalue weighted by atomic mass is 10.1. The third kappa shape index (κ3) is 3.76.